The topological polar surface area (TPSA) is 32.3 Å². The van der Waals surface area contributed by atoms with Gasteiger partial charge >= 0.3 is 0 Å². The van der Waals surface area contributed by atoms with Gasteiger partial charge in [-0.15, -0.1) is 0 Å². The number of carbonyl (C=O) groups excluding carboxylic acids is 1. The average Bonchev–Trinajstić information content (AvgIpc) is 3.04. The summed E-state index contributed by atoms with van der Waals surface area (Å²) < 4.78 is 0. The Morgan fingerprint density at radius 3 is 2.67 bits per heavy atom. The van der Waals surface area contributed by atoms with Crippen LogP contribution in [0.25, 0.3) is 0 Å². The summed E-state index contributed by atoms with van der Waals surface area (Å²) in [5.74, 6) is 0.128. The molecule has 2 aromatic carbocycles. The van der Waals surface area contributed by atoms with Crippen LogP contribution in [0, 0.1) is 5.92 Å². The number of halogens is 1. The molecule has 5 rings (SSSR count). The second kappa shape index (κ2) is 6.65. The first-order valence-corrected chi connectivity index (χ1v) is 10.4. The van der Waals surface area contributed by atoms with E-state index in [1.165, 1.54) is 25.7 Å². The number of benzene rings is 2. The van der Waals surface area contributed by atoms with Crippen LogP contribution < -0.4 is 5.32 Å². The first kappa shape index (κ1) is 17.3. The van der Waals surface area contributed by atoms with Gasteiger partial charge in [-0.25, -0.2) is 0 Å². The number of nitrogens with one attached hydrogen (secondary N) is 1. The van der Waals surface area contributed by atoms with Gasteiger partial charge in [0.2, 0.25) is 5.91 Å². The molecule has 1 aliphatic carbocycles. The zero-order valence-electron chi connectivity index (χ0n) is 15.5. The number of likely N-dealkylation sites (tertiary alicyclic amines) is 1. The molecule has 0 saturated carbocycles. The molecule has 1 N–H and O–H groups in total. The largest absolute Gasteiger partial charge is 0.324 e. The number of carbonyl (C=O) groups is 1. The zero-order chi connectivity index (χ0) is 18.4. The van der Waals surface area contributed by atoms with E-state index >= 15 is 0 Å². The van der Waals surface area contributed by atoms with E-state index in [9.17, 15) is 4.79 Å². The molecule has 2 aromatic rings. The fraction of sp³-hybridized carbons (Fsp3) is 0.435. The van der Waals surface area contributed by atoms with Gasteiger partial charge in [-0.2, -0.15) is 0 Å². The van der Waals surface area contributed by atoms with Crippen LogP contribution in [0.15, 0.2) is 42.5 Å². The maximum absolute atomic E-state index is 12.6. The van der Waals surface area contributed by atoms with Crippen LogP contribution in [0.1, 0.15) is 36.0 Å². The molecule has 140 valence electrons. The highest BCUT2D eigenvalue weighted by Gasteiger charge is 2.41. The third-order valence-corrected chi connectivity index (χ3v) is 7.25. The van der Waals surface area contributed by atoms with E-state index in [2.05, 4.69) is 40.5 Å². The summed E-state index contributed by atoms with van der Waals surface area (Å²) in [6, 6.07) is 14.9. The first-order chi connectivity index (χ1) is 13.1. The molecule has 0 bridgehead atoms. The minimum atomic E-state index is 0.0147. The van der Waals surface area contributed by atoms with E-state index in [-0.39, 0.29) is 11.8 Å². The van der Waals surface area contributed by atoms with Crippen molar-refractivity contribution in [3.05, 3.63) is 64.2 Å². The van der Waals surface area contributed by atoms with E-state index in [1.54, 1.807) is 11.1 Å². The van der Waals surface area contributed by atoms with E-state index < -0.39 is 0 Å². The molecule has 1 saturated heterocycles. The van der Waals surface area contributed by atoms with E-state index in [4.69, 9.17) is 11.6 Å². The van der Waals surface area contributed by atoms with Crippen molar-refractivity contribution >= 4 is 23.2 Å². The van der Waals surface area contributed by atoms with Crippen LogP contribution in [-0.4, -0.2) is 30.4 Å². The molecule has 2 aliphatic heterocycles. The number of aryl methyl sites for hydroxylation is 1. The Labute approximate surface area is 165 Å². The Bertz CT molecular complexity index is 886. The fourth-order valence-corrected chi connectivity index (χ4v) is 5.61. The van der Waals surface area contributed by atoms with Crippen molar-refractivity contribution in [2.45, 2.75) is 37.5 Å². The van der Waals surface area contributed by atoms with Crippen molar-refractivity contribution in [1.82, 2.24) is 4.90 Å². The van der Waals surface area contributed by atoms with Crippen molar-refractivity contribution in [2.24, 2.45) is 5.92 Å². The number of para-hydroxylation sites is 1. The molecule has 1 atom stereocenters. The summed E-state index contributed by atoms with van der Waals surface area (Å²) in [7, 11) is 0. The summed E-state index contributed by atoms with van der Waals surface area (Å²) in [5.41, 5.74) is 5.47. The second-order valence-electron chi connectivity index (χ2n) is 8.40. The summed E-state index contributed by atoms with van der Waals surface area (Å²) in [6.45, 7) is 3.01. The predicted octanol–water partition coefficient (Wildman–Crippen LogP) is 4.43. The first-order valence-electron chi connectivity index (χ1n) is 10.0. The maximum atomic E-state index is 12.6. The lowest BCUT2D eigenvalue weighted by Crippen LogP contribution is -2.46. The third-order valence-electron chi connectivity index (χ3n) is 6.94. The van der Waals surface area contributed by atoms with Gasteiger partial charge in [-0.05, 0) is 73.4 Å². The van der Waals surface area contributed by atoms with Crippen LogP contribution in [0.2, 0.25) is 5.02 Å². The van der Waals surface area contributed by atoms with Gasteiger partial charge in [0.1, 0.15) is 0 Å². The Morgan fingerprint density at radius 1 is 1.04 bits per heavy atom. The van der Waals surface area contributed by atoms with Crippen molar-refractivity contribution in [1.29, 1.82) is 0 Å². The van der Waals surface area contributed by atoms with Crippen LogP contribution in [0.4, 0.5) is 5.69 Å². The maximum Gasteiger partial charge on any atom is 0.229 e. The Kier molecular flexibility index (Phi) is 4.25. The van der Waals surface area contributed by atoms with Crippen LogP contribution in [0.5, 0.6) is 0 Å². The molecule has 0 aromatic heterocycles. The predicted molar refractivity (Wildman–Crippen MR) is 109 cm³/mol. The van der Waals surface area contributed by atoms with Gasteiger partial charge in [0.05, 0.1) is 16.6 Å². The molecular weight excluding hydrogens is 356 g/mol. The molecule has 3 aliphatic rings. The van der Waals surface area contributed by atoms with Crippen LogP contribution in [-0.2, 0) is 23.1 Å². The molecule has 1 amide bonds. The monoisotopic (exact) mass is 380 g/mol. The standard InChI is InChI=1S/C23H25ClN2O/c24-20-7-3-5-17-14-18(22(27)25-21(17)20)15-26-12-10-23(11-13-26)9-8-16-4-1-2-6-19(16)23/h1-7,18H,8-15H2,(H,25,27). The van der Waals surface area contributed by atoms with Crippen LogP contribution in [0.3, 0.4) is 0 Å². The van der Waals surface area contributed by atoms with Gasteiger partial charge in [-0.1, -0.05) is 48.0 Å². The highest BCUT2D eigenvalue weighted by Crippen LogP contribution is 2.46. The number of hydrogen-bond donors (Lipinski definition) is 1. The number of piperidine rings is 1. The molecule has 3 nitrogen and oxygen atoms in total. The zero-order valence-corrected chi connectivity index (χ0v) is 16.3. The van der Waals surface area contributed by atoms with Gasteiger partial charge in [0.15, 0.2) is 0 Å². The highest BCUT2D eigenvalue weighted by atomic mass is 35.5. The Balaban J connectivity index is 1.26. The fourth-order valence-electron chi connectivity index (χ4n) is 5.37. The Morgan fingerprint density at radius 2 is 1.81 bits per heavy atom. The van der Waals surface area contributed by atoms with E-state index in [1.807, 2.05) is 12.1 Å². The molecule has 4 heteroatoms. The number of fused-ring (bicyclic) bond motifs is 3. The SMILES string of the molecule is O=C1Nc2c(Cl)cccc2CC1CN1CCC2(CCc3ccccc32)CC1. The molecule has 0 radical (unpaired) electrons. The van der Waals surface area contributed by atoms with E-state index in [0.717, 1.165) is 37.3 Å². The summed E-state index contributed by atoms with van der Waals surface area (Å²) >= 11 is 6.23. The minimum Gasteiger partial charge on any atom is -0.324 e. The molecule has 1 spiro atoms. The molecule has 1 unspecified atom stereocenters. The minimum absolute atomic E-state index is 0.0147. The molecule has 2 heterocycles. The lowest BCUT2D eigenvalue weighted by atomic mass is 9.73. The lowest BCUT2D eigenvalue weighted by molar-refractivity contribution is -0.121. The number of amides is 1. The molecule has 1 fully saturated rings. The number of nitrogens with zero attached hydrogens (tertiary/aromatic N) is 1. The number of hydrogen-bond acceptors (Lipinski definition) is 2. The molecule has 27 heavy (non-hydrogen) atoms. The van der Waals surface area contributed by atoms with Gasteiger partial charge in [0, 0.05) is 6.54 Å². The van der Waals surface area contributed by atoms with Crippen molar-refractivity contribution in [3.8, 4) is 0 Å². The average molecular weight is 381 g/mol. The normalized spacial score (nSPS) is 23.7. The number of rotatable bonds is 2. The highest BCUT2D eigenvalue weighted by molar-refractivity contribution is 6.34. The van der Waals surface area contributed by atoms with Gasteiger partial charge in [0.25, 0.3) is 0 Å². The quantitative estimate of drug-likeness (QED) is 0.835. The van der Waals surface area contributed by atoms with Gasteiger partial charge in [-0.3, -0.25) is 4.79 Å². The second-order valence-corrected chi connectivity index (χ2v) is 8.81. The Hall–Kier alpha value is -1.84. The summed E-state index contributed by atoms with van der Waals surface area (Å²) in [6.07, 6.45) is 5.71. The van der Waals surface area contributed by atoms with Crippen LogP contribution >= 0.6 is 11.6 Å². The molecular formula is C23H25ClN2O. The summed E-state index contributed by atoms with van der Waals surface area (Å²) in [4.78, 5) is 15.1. The summed E-state index contributed by atoms with van der Waals surface area (Å²) in [5, 5.41) is 3.67. The third kappa shape index (κ3) is 2.97. The number of anilines is 1. The van der Waals surface area contributed by atoms with Crippen molar-refractivity contribution in [3.63, 3.8) is 0 Å². The van der Waals surface area contributed by atoms with Crippen molar-refractivity contribution in [2.75, 3.05) is 25.0 Å². The van der Waals surface area contributed by atoms with E-state index in [0.29, 0.717) is 10.4 Å². The van der Waals surface area contributed by atoms with Crippen molar-refractivity contribution < 1.29 is 4.79 Å². The van der Waals surface area contributed by atoms with Gasteiger partial charge < -0.3 is 10.2 Å². The lowest BCUT2D eigenvalue weighted by Gasteiger charge is -2.41. The smallest absolute Gasteiger partial charge is 0.229 e.